The normalized spacial score (nSPS) is 24.1. The lowest BCUT2D eigenvalue weighted by molar-refractivity contribution is -0.143. The third-order valence-corrected chi connectivity index (χ3v) is 7.83. The number of aliphatic carboxylic acids is 1. The standard InChI is InChI=1S/C13H18ClNO4S2/c1-3-9-4-5-15(10(7-9)13(16)17)21(18,19)11-6-8(2)12(14)20-11/h6,9-10H,3-5,7H2,1-2H3,(H,16,17). The highest BCUT2D eigenvalue weighted by atomic mass is 35.5. The van der Waals surface area contributed by atoms with Crippen molar-refractivity contribution >= 4 is 38.9 Å². The Balaban J connectivity index is 2.35. The average Bonchev–Trinajstić information content (AvgIpc) is 2.78. The molecule has 1 aliphatic rings. The topological polar surface area (TPSA) is 74.7 Å². The molecule has 1 N–H and O–H groups in total. The molecule has 2 atom stereocenters. The van der Waals surface area contributed by atoms with Crippen LogP contribution in [0.5, 0.6) is 0 Å². The van der Waals surface area contributed by atoms with Crippen LogP contribution in [0.4, 0.5) is 0 Å². The molecule has 8 heteroatoms. The number of carbonyl (C=O) groups is 1. The maximum atomic E-state index is 12.7. The Kier molecular flexibility index (Phi) is 4.97. The predicted octanol–water partition coefficient (Wildman–Crippen LogP) is 2.97. The molecule has 0 spiro atoms. The first-order valence-electron chi connectivity index (χ1n) is 6.78. The molecule has 0 aliphatic carbocycles. The van der Waals surface area contributed by atoms with Gasteiger partial charge in [0.1, 0.15) is 10.3 Å². The Morgan fingerprint density at radius 3 is 2.71 bits per heavy atom. The van der Waals surface area contributed by atoms with Crippen LogP contribution < -0.4 is 0 Å². The summed E-state index contributed by atoms with van der Waals surface area (Å²) in [5.41, 5.74) is 0.690. The van der Waals surface area contributed by atoms with Crippen LogP contribution in [0, 0.1) is 12.8 Å². The van der Waals surface area contributed by atoms with E-state index < -0.39 is 22.0 Å². The molecule has 118 valence electrons. The molecule has 5 nitrogen and oxygen atoms in total. The Labute approximate surface area is 133 Å². The monoisotopic (exact) mass is 351 g/mol. The molecule has 1 aliphatic heterocycles. The van der Waals surface area contributed by atoms with E-state index >= 15 is 0 Å². The molecule has 21 heavy (non-hydrogen) atoms. The largest absolute Gasteiger partial charge is 0.480 e. The highest BCUT2D eigenvalue weighted by Crippen LogP contribution is 2.35. The first kappa shape index (κ1) is 16.7. The van der Waals surface area contributed by atoms with Crippen molar-refractivity contribution in [3.63, 3.8) is 0 Å². The van der Waals surface area contributed by atoms with Gasteiger partial charge in [0.15, 0.2) is 0 Å². The molecule has 1 fully saturated rings. The molecule has 0 saturated carbocycles. The predicted molar refractivity (Wildman–Crippen MR) is 82.4 cm³/mol. The minimum Gasteiger partial charge on any atom is -0.480 e. The third-order valence-electron chi connectivity index (χ3n) is 3.92. The number of halogens is 1. The highest BCUT2D eigenvalue weighted by Gasteiger charge is 2.41. The first-order chi connectivity index (χ1) is 9.77. The van der Waals surface area contributed by atoms with Crippen LogP contribution in [0.25, 0.3) is 0 Å². The number of thiophene rings is 1. The molecular formula is C13H18ClNO4S2. The fourth-order valence-electron chi connectivity index (χ4n) is 2.57. The maximum Gasteiger partial charge on any atom is 0.322 e. The molecule has 1 aromatic rings. The van der Waals surface area contributed by atoms with E-state index in [4.69, 9.17) is 11.6 Å². The summed E-state index contributed by atoms with van der Waals surface area (Å²) < 4.78 is 27.0. The second-order valence-corrected chi connectivity index (χ2v) is 9.06. The fraction of sp³-hybridized carbons (Fsp3) is 0.615. The molecule has 0 amide bonds. The van der Waals surface area contributed by atoms with E-state index in [1.165, 1.54) is 6.07 Å². The molecule has 0 bridgehead atoms. The third kappa shape index (κ3) is 3.26. The number of aryl methyl sites for hydroxylation is 1. The van der Waals surface area contributed by atoms with E-state index in [1.807, 2.05) is 6.92 Å². The van der Waals surface area contributed by atoms with Crippen molar-refractivity contribution in [2.75, 3.05) is 6.54 Å². The van der Waals surface area contributed by atoms with Gasteiger partial charge in [0.2, 0.25) is 0 Å². The Hall–Kier alpha value is -0.630. The zero-order valence-corrected chi connectivity index (χ0v) is 14.3. The number of hydrogen-bond acceptors (Lipinski definition) is 4. The quantitative estimate of drug-likeness (QED) is 0.904. The molecule has 2 unspecified atom stereocenters. The number of piperidine rings is 1. The first-order valence-corrected chi connectivity index (χ1v) is 9.41. The zero-order valence-electron chi connectivity index (χ0n) is 11.9. The van der Waals surface area contributed by atoms with Crippen LogP contribution in [0.3, 0.4) is 0 Å². The molecule has 1 aromatic heterocycles. The van der Waals surface area contributed by atoms with Crippen LogP contribution in [0.2, 0.25) is 4.34 Å². The molecule has 0 radical (unpaired) electrons. The molecule has 2 rings (SSSR count). The summed E-state index contributed by atoms with van der Waals surface area (Å²) in [5.74, 6) is -0.831. The van der Waals surface area contributed by atoms with Gasteiger partial charge >= 0.3 is 5.97 Å². The summed E-state index contributed by atoms with van der Waals surface area (Å²) in [5, 5.41) is 9.36. The lowest BCUT2D eigenvalue weighted by atomic mass is 9.90. The molecule has 2 heterocycles. The lowest BCUT2D eigenvalue weighted by Crippen LogP contribution is -2.49. The summed E-state index contributed by atoms with van der Waals surface area (Å²) in [4.78, 5) is 11.4. The summed E-state index contributed by atoms with van der Waals surface area (Å²) in [6, 6.07) is 0.516. The summed E-state index contributed by atoms with van der Waals surface area (Å²) in [6.07, 6.45) is 1.92. The number of sulfonamides is 1. The van der Waals surface area contributed by atoms with Gasteiger partial charge in [-0.3, -0.25) is 4.79 Å². The number of carboxylic acid groups (broad SMARTS) is 1. The second kappa shape index (κ2) is 6.24. The van der Waals surface area contributed by atoms with Crippen LogP contribution in [0.15, 0.2) is 10.3 Å². The SMILES string of the molecule is CCC1CCN(S(=O)(=O)c2cc(C)c(Cl)s2)C(C(=O)O)C1. The smallest absolute Gasteiger partial charge is 0.322 e. The molecular weight excluding hydrogens is 334 g/mol. The lowest BCUT2D eigenvalue weighted by Gasteiger charge is -2.35. The van der Waals surface area contributed by atoms with E-state index in [0.717, 1.165) is 22.1 Å². The highest BCUT2D eigenvalue weighted by molar-refractivity contribution is 7.91. The molecule has 0 aromatic carbocycles. The maximum absolute atomic E-state index is 12.7. The van der Waals surface area contributed by atoms with Crippen molar-refractivity contribution in [2.24, 2.45) is 5.92 Å². The van der Waals surface area contributed by atoms with Crippen molar-refractivity contribution in [1.82, 2.24) is 4.31 Å². The van der Waals surface area contributed by atoms with E-state index in [9.17, 15) is 18.3 Å². The van der Waals surface area contributed by atoms with E-state index in [-0.39, 0.29) is 16.7 Å². The summed E-state index contributed by atoms with van der Waals surface area (Å²) in [7, 11) is -3.80. The van der Waals surface area contributed by atoms with Gasteiger partial charge in [0.05, 0.1) is 4.34 Å². The Bertz CT molecular complexity index is 621. The summed E-state index contributed by atoms with van der Waals surface area (Å²) >= 11 is 6.92. The van der Waals surface area contributed by atoms with Crippen LogP contribution in [0.1, 0.15) is 31.7 Å². The number of rotatable bonds is 4. The van der Waals surface area contributed by atoms with Crippen LogP contribution in [-0.4, -0.2) is 36.4 Å². The number of carboxylic acids is 1. The number of hydrogen-bond donors (Lipinski definition) is 1. The van der Waals surface area contributed by atoms with Gasteiger partial charge in [-0.05, 0) is 37.3 Å². The molecule has 1 saturated heterocycles. The van der Waals surface area contributed by atoms with Gasteiger partial charge in [-0.2, -0.15) is 4.31 Å². The minimum atomic E-state index is -3.80. The Morgan fingerprint density at radius 1 is 1.57 bits per heavy atom. The average molecular weight is 352 g/mol. The van der Waals surface area contributed by atoms with Crippen molar-refractivity contribution in [2.45, 2.75) is 43.4 Å². The Morgan fingerprint density at radius 2 is 2.24 bits per heavy atom. The van der Waals surface area contributed by atoms with E-state index in [0.29, 0.717) is 22.7 Å². The van der Waals surface area contributed by atoms with Gasteiger partial charge < -0.3 is 5.11 Å². The van der Waals surface area contributed by atoms with E-state index in [2.05, 4.69) is 0 Å². The van der Waals surface area contributed by atoms with Gasteiger partial charge in [0.25, 0.3) is 10.0 Å². The fourth-order valence-corrected chi connectivity index (χ4v) is 6.02. The summed E-state index contributed by atoms with van der Waals surface area (Å²) in [6.45, 7) is 3.97. The van der Waals surface area contributed by atoms with Crippen LogP contribution in [-0.2, 0) is 14.8 Å². The van der Waals surface area contributed by atoms with Crippen LogP contribution >= 0.6 is 22.9 Å². The van der Waals surface area contributed by atoms with Crippen molar-refractivity contribution in [3.8, 4) is 0 Å². The van der Waals surface area contributed by atoms with Crippen molar-refractivity contribution in [3.05, 3.63) is 16.0 Å². The number of nitrogens with zero attached hydrogens (tertiary/aromatic N) is 1. The minimum absolute atomic E-state index is 0.117. The van der Waals surface area contributed by atoms with E-state index in [1.54, 1.807) is 6.92 Å². The zero-order chi connectivity index (χ0) is 15.8. The van der Waals surface area contributed by atoms with Gasteiger partial charge in [-0.1, -0.05) is 24.9 Å². The van der Waals surface area contributed by atoms with Gasteiger partial charge in [0, 0.05) is 6.54 Å². The van der Waals surface area contributed by atoms with Gasteiger partial charge in [-0.15, -0.1) is 11.3 Å². The van der Waals surface area contributed by atoms with Gasteiger partial charge in [-0.25, -0.2) is 8.42 Å². The second-order valence-electron chi connectivity index (χ2n) is 5.29. The van der Waals surface area contributed by atoms with Crippen molar-refractivity contribution < 1.29 is 18.3 Å². The van der Waals surface area contributed by atoms with Crippen molar-refractivity contribution in [1.29, 1.82) is 0 Å².